The summed E-state index contributed by atoms with van der Waals surface area (Å²) in [7, 11) is 0. The van der Waals surface area contributed by atoms with Gasteiger partial charge in [-0.3, -0.25) is 15.5 Å². The van der Waals surface area contributed by atoms with Crippen LogP contribution in [0.3, 0.4) is 0 Å². The Morgan fingerprint density at radius 3 is 2.75 bits per heavy atom. The Bertz CT molecular complexity index is 672. The van der Waals surface area contributed by atoms with Crippen molar-refractivity contribution in [3.8, 4) is 6.07 Å². The second-order valence-corrected chi connectivity index (χ2v) is 4.66. The molecule has 7 heteroatoms. The lowest BCUT2D eigenvalue weighted by atomic mass is 10.3. The lowest BCUT2D eigenvalue weighted by molar-refractivity contribution is -0.110. The monoisotopic (exact) mass is 285 g/mol. The number of nitriles is 1. The van der Waals surface area contributed by atoms with E-state index < -0.39 is 5.91 Å². The molecule has 1 aromatic heterocycles. The molecule has 0 radical (unpaired) electrons. The largest absolute Gasteiger partial charge is 0.296 e. The van der Waals surface area contributed by atoms with E-state index >= 15 is 0 Å². The maximum Gasteiger partial charge on any atom is 0.288 e. The Morgan fingerprint density at radius 1 is 1.40 bits per heavy atom. The van der Waals surface area contributed by atoms with Crippen molar-refractivity contribution >= 4 is 33.8 Å². The van der Waals surface area contributed by atoms with E-state index in [0.717, 1.165) is 5.69 Å². The molecule has 0 saturated heterocycles. The number of benzene rings is 1. The summed E-state index contributed by atoms with van der Waals surface area (Å²) in [4.78, 5) is 15.9. The third-order valence-electron chi connectivity index (χ3n) is 2.23. The molecule has 2 N–H and O–H groups in total. The minimum atomic E-state index is -0.592. The number of nitrogens with one attached hydrogen (secondary N) is 2. The van der Waals surface area contributed by atoms with E-state index in [2.05, 4.69) is 20.8 Å². The van der Waals surface area contributed by atoms with Crippen molar-refractivity contribution in [3.05, 3.63) is 41.4 Å². The highest BCUT2D eigenvalue weighted by atomic mass is 32.1. The first-order valence-electron chi connectivity index (χ1n) is 5.71. The van der Waals surface area contributed by atoms with Gasteiger partial charge >= 0.3 is 0 Å². The molecule has 0 bridgehead atoms. The van der Waals surface area contributed by atoms with Gasteiger partial charge in [-0.05, 0) is 19.1 Å². The number of amides is 1. The minimum absolute atomic E-state index is 0.262. The third-order valence-corrected chi connectivity index (χ3v) is 3.11. The number of para-hydroxylation sites is 1. The second-order valence-electron chi connectivity index (χ2n) is 3.80. The van der Waals surface area contributed by atoms with Gasteiger partial charge in [0.15, 0.2) is 5.13 Å². The van der Waals surface area contributed by atoms with Crippen LogP contribution in [0.2, 0.25) is 0 Å². The molecular formula is C13H11N5OS. The number of anilines is 2. The topological polar surface area (TPSA) is 90.2 Å². The van der Waals surface area contributed by atoms with Crippen LogP contribution in [0.25, 0.3) is 0 Å². The van der Waals surface area contributed by atoms with Crippen molar-refractivity contribution in [2.24, 2.45) is 5.10 Å². The van der Waals surface area contributed by atoms with Gasteiger partial charge < -0.3 is 0 Å². The number of rotatable bonds is 4. The van der Waals surface area contributed by atoms with Gasteiger partial charge in [-0.25, -0.2) is 4.98 Å². The summed E-state index contributed by atoms with van der Waals surface area (Å²) in [6.45, 7) is 1.82. The maximum absolute atomic E-state index is 11.8. The van der Waals surface area contributed by atoms with Crippen molar-refractivity contribution in [2.45, 2.75) is 6.92 Å². The van der Waals surface area contributed by atoms with E-state index in [9.17, 15) is 4.79 Å². The third kappa shape index (κ3) is 3.63. The predicted molar refractivity (Wildman–Crippen MR) is 78.6 cm³/mol. The molecule has 0 aliphatic rings. The Labute approximate surface area is 119 Å². The van der Waals surface area contributed by atoms with Crippen LogP contribution in [0, 0.1) is 18.3 Å². The van der Waals surface area contributed by atoms with Crippen LogP contribution in [0.15, 0.2) is 40.8 Å². The molecule has 0 spiro atoms. The zero-order valence-electron chi connectivity index (χ0n) is 10.6. The number of nitrogens with zero attached hydrogens (tertiary/aromatic N) is 3. The zero-order chi connectivity index (χ0) is 14.4. The van der Waals surface area contributed by atoms with Gasteiger partial charge in [-0.2, -0.15) is 10.4 Å². The fourth-order valence-corrected chi connectivity index (χ4v) is 2.01. The number of hydrogen-bond acceptors (Lipinski definition) is 6. The molecule has 2 rings (SSSR count). The SMILES string of the molecule is Cc1csc(NC(=O)/C(C#N)=N/Nc2ccccc2)n1. The van der Waals surface area contributed by atoms with Crippen molar-refractivity contribution in [2.75, 3.05) is 10.7 Å². The molecule has 1 heterocycles. The molecule has 0 aliphatic carbocycles. The Hall–Kier alpha value is -2.72. The molecule has 0 aliphatic heterocycles. The zero-order valence-corrected chi connectivity index (χ0v) is 11.4. The highest BCUT2D eigenvalue weighted by molar-refractivity contribution is 7.14. The molecule has 1 amide bonds. The molecular weight excluding hydrogens is 274 g/mol. The first-order chi connectivity index (χ1) is 9.69. The van der Waals surface area contributed by atoms with Crippen LogP contribution in [-0.4, -0.2) is 16.6 Å². The number of thiazole rings is 1. The van der Waals surface area contributed by atoms with E-state index in [1.807, 2.05) is 25.1 Å². The summed E-state index contributed by atoms with van der Waals surface area (Å²) in [5.74, 6) is -0.592. The average Bonchev–Trinajstić information content (AvgIpc) is 2.86. The summed E-state index contributed by atoms with van der Waals surface area (Å²) in [5, 5.41) is 17.5. The molecule has 1 aromatic carbocycles. The van der Waals surface area contributed by atoms with Crippen LogP contribution in [-0.2, 0) is 4.79 Å². The smallest absolute Gasteiger partial charge is 0.288 e. The number of aromatic nitrogens is 1. The molecule has 100 valence electrons. The quantitative estimate of drug-likeness (QED) is 0.666. The van der Waals surface area contributed by atoms with Crippen LogP contribution >= 0.6 is 11.3 Å². The molecule has 20 heavy (non-hydrogen) atoms. The van der Waals surface area contributed by atoms with Crippen molar-refractivity contribution in [3.63, 3.8) is 0 Å². The molecule has 0 saturated carbocycles. The van der Waals surface area contributed by atoms with E-state index in [1.54, 1.807) is 23.6 Å². The summed E-state index contributed by atoms with van der Waals surface area (Å²) in [5.41, 5.74) is 3.89. The van der Waals surface area contributed by atoms with E-state index in [1.165, 1.54) is 11.3 Å². The van der Waals surface area contributed by atoms with E-state index in [-0.39, 0.29) is 5.71 Å². The average molecular weight is 285 g/mol. The summed E-state index contributed by atoms with van der Waals surface area (Å²) < 4.78 is 0. The highest BCUT2D eigenvalue weighted by Gasteiger charge is 2.13. The second kappa shape index (κ2) is 6.45. The van der Waals surface area contributed by atoms with E-state index in [4.69, 9.17) is 5.26 Å². The van der Waals surface area contributed by atoms with Crippen LogP contribution in [0.1, 0.15) is 5.69 Å². The highest BCUT2D eigenvalue weighted by Crippen LogP contribution is 2.14. The number of hydrazone groups is 1. The van der Waals surface area contributed by atoms with Gasteiger partial charge in [0.2, 0.25) is 5.71 Å². The summed E-state index contributed by atoms with van der Waals surface area (Å²) in [6.07, 6.45) is 0. The van der Waals surface area contributed by atoms with E-state index in [0.29, 0.717) is 10.8 Å². The normalized spacial score (nSPS) is 10.7. The van der Waals surface area contributed by atoms with Crippen molar-refractivity contribution in [1.29, 1.82) is 5.26 Å². The van der Waals surface area contributed by atoms with Crippen molar-refractivity contribution < 1.29 is 4.79 Å². The first kappa shape index (κ1) is 13.7. The van der Waals surface area contributed by atoms with Crippen LogP contribution < -0.4 is 10.7 Å². The number of hydrogen-bond donors (Lipinski definition) is 2. The molecule has 2 aromatic rings. The first-order valence-corrected chi connectivity index (χ1v) is 6.59. The Morgan fingerprint density at radius 2 is 2.15 bits per heavy atom. The summed E-state index contributed by atoms with van der Waals surface area (Å²) >= 11 is 1.29. The van der Waals surface area contributed by atoms with Crippen LogP contribution in [0.4, 0.5) is 10.8 Å². The molecule has 6 nitrogen and oxygen atoms in total. The van der Waals surface area contributed by atoms with Gasteiger partial charge in [0, 0.05) is 5.38 Å². The fraction of sp³-hybridized carbons (Fsp3) is 0.0769. The van der Waals surface area contributed by atoms with Gasteiger partial charge in [0.05, 0.1) is 11.4 Å². The lowest BCUT2D eigenvalue weighted by Gasteiger charge is -2.01. The Balaban J connectivity index is 2.04. The predicted octanol–water partition coefficient (Wildman–Crippen LogP) is 2.38. The fourth-order valence-electron chi connectivity index (χ4n) is 1.33. The van der Waals surface area contributed by atoms with Crippen molar-refractivity contribution in [1.82, 2.24) is 4.98 Å². The summed E-state index contributed by atoms with van der Waals surface area (Å²) in [6, 6.07) is 10.8. The molecule has 0 atom stereocenters. The minimum Gasteiger partial charge on any atom is -0.296 e. The maximum atomic E-state index is 11.8. The van der Waals surface area contributed by atoms with Gasteiger partial charge in [-0.15, -0.1) is 11.3 Å². The standard InChI is InChI=1S/C13H11N5OS/c1-9-8-20-13(15-9)16-12(19)11(7-14)18-17-10-5-3-2-4-6-10/h2-6,8,17H,1H3,(H,15,16,19)/b18-11+. The van der Waals surface area contributed by atoms with Crippen LogP contribution in [0.5, 0.6) is 0 Å². The number of aryl methyl sites for hydroxylation is 1. The lowest BCUT2D eigenvalue weighted by Crippen LogP contribution is -2.22. The number of carbonyl (C=O) groups is 1. The Kier molecular flexibility index (Phi) is 4.42. The number of carbonyl (C=O) groups excluding carboxylic acids is 1. The van der Waals surface area contributed by atoms with Gasteiger partial charge in [0.1, 0.15) is 6.07 Å². The molecule has 0 unspecified atom stereocenters. The van der Waals surface area contributed by atoms with Gasteiger partial charge in [0.25, 0.3) is 5.91 Å². The van der Waals surface area contributed by atoms with Gasteiger partial charge in [-0.1, -0.05) is 18.2 Å². The molecule has 0 fully saturated rings.